The molecule has 0 radical (unpaired) electrons. The maximum atomic E-state index is 5.32. The van der Waals surface area contributed by atoms with Gasteiger partial charge in [-0.2, -0.15) is 0 Å². The average Bonchev–Trinajstić information content (AvgIpc) is 3.00. The molecule has 0 aliphatic carbocycles. The van der Waals surface area contributed by atoms with E-state index in [1.165, 1.54) is 12.8 Å². The zero-order chi connectivity index (χ0) is 12.8. The molecule has 0 amide bonds. The van der Waals surface area contributed by atoms with Crippen molar-refractivity contribution >= 4 is 29.9 Å². The van der Waals surface area contributed by atoms with Crippen LogP contribution in [0.3, 0.4) is 0 Å². The highest BCUT2D eigenvalue weighted by Crippen LogP contribution is 2.08. The first-order valence-corrected chi connectivity index (χ1v) is 6.84. The maximum absolute atomic E-state index is 5.32. The molecule has 1 fully saturated rings. The topological polar surface area (TPSA) is 40.8 Å². The van der Waals surface area contributed by atoms with Crippen LogP contribution in [0.25, 0.3) is 0 Å². The molecule has 4 nitrogen and oxygen atoms in total. The Balaban J connectivity index is 0.00000180. The lowest BCUT2D eigenvalue weighted by Gasteiger charge is -2.23. The molecule has 0 saturated carbocycles. The lowest BCUT2D eigenvalue weighted by molar-refractivity contribution is 0.478. The van der Waals surface area contributed by atoms with E-state index in [-0.39, 0.29) is 24.0 Å². The van der Waals surface area contributed by atoms with Crippen LogP contribution >= 0.6 is 24.0 Å². The summed E-state index contributed by atoms with van der Waals surface area (Å²) in [4.78, 5) is 7.04. The van der Waals surface area contributed by atoms with E-state index < -0.39 is 0 Å². The molecule has 1 aliphatic heterocycles. The van der Waals surface area contributed by atoms with Crippen LogP contribution in [0.4, 0.5) is 0 Å². The van der Waals surface area contributed by atoms with Crippen molar-refractivity contribution in [3.63, 3.8) is 0 Å². The molecule has 0 aromatic carbocycles. The molecule has 5 heteroatoms. The summed E-state index contributed by atoms with van der Waals surface area (Å²) in [5.41, 5.74) is 0. The Hall–Kier alpha value is -0.720. The summed E-state index contributed by atoms with van der Waals surface area (Å²) in [6.45, 7) is 7.33. The van der Waals surface area contributed by atoms with Gasteiger partial charge in [0, 0.05) is 32.1 Å². The quantitative estimate of drug-likeness (QED) is 0.499. The first kappa shape index (κ1) is 16.3. The largest absolute Gasteiger partial charge is 0.469 e. The molecule has 108 valence electrons. The number of aliphatic imine (C=N–C) groups is 1. The van der Waals surface area contributed by atoms with Crippen molar-refractivity contribution in [1.29, 1.82) is 0 Å². The zero-order valence-electron chi connectivity index (χ0n) is 11.8. The number of nitrogens with one attached hydrogen (secondary N) is 1. The van der Waals surface area contributed by atoms with Gasteiger partial charge in [0.2, 0.25) is 0 Å². The van der Waals surface area contributed by atoms with Crippen molar-refractivity contribution in [3.05, 3.63) is 24.2 Å². The summed E-state index contributed by atoms with van der Waals surface area (Å²) in [6.07, 6.45) is 5.13. The number of nitrogens with zero attached hydrogens (tertiary/aromatic N) is 2. The Morgan fingerprint density at radius 2 is 2.16 bits per heavy atom. The van der Waals surface area contributed by atoms with Crippen molar-refractivity contribution in [3.8, 4) is 0 Å². The van der Waals surface area contributed by atoms with Crippen molar-refractivity contribution in [2.75, 3.05) is 19.6 Å². The van der Waals surface area contributed by atoms with Crippen LogP contribution in [0.5, 0.6) is 0 Å². The SMILES string of the molecule is CC(C)NC(=NCCc1ccco1)N1CCCC1.I. The van der Waals surface area contributed by atoms with Gasteiger partial charge in [0.1, 0.15) is 5.76 Å². The fourth-order valence-electron chi connectivity index (χ4n) is 2.15. The molecule has 1 N–H and O–H groups in total. The Morgan fingerprint density at radius 3 is 2.74 bits per heavy atom. The highest BCUT2D eigenvalue weighted by molar-refractivity contribution is 14.0. The normalized spacial score (nSPS) is 15.7. The predicted molar refractivity (Wildman–Crippen MR) is 89.2 cm³/mol. The molecule has 19 heavy (non-hydrogen) atoms. The number of guanidine groups is 1. The number of rotatable bonds is 4. The Kier molecular flexibility index (Phi) is 7.27. The van der Waals surface area contributed by atoms with E-state index >= 15 is 0 Å². The predicted octanol–water partition coefficient (Wildman–Crippen LogP) is 2.89. The van der Waals surface area contributed by atoms with Gasteiger partial charge in [-0.15, -0.1) is 24.0 Å². The number of halogens is 1. The van der Waals surface area contributed by atoms with Gasteiger partial charge in [0.05, 0.1) is 6.26 Å². The molecule has 2 heterocycles. The fourth-order valence-corrected chi connectivity index (χ4v) is 2.15. The Labute approximate surface area is 132 Å². The number of hydrogen-bond donors (Lipinski definition) is 1. The summed E-state index contributed by atoms with van der Waals surface area (Å²) in [6, 6.07) is 4.35. The molecule has 0 bridgehead atoms. The van der Waals surface area contributed by atoms with Crippen molar-refractivity contribution in [2.24, 2.45) is 4.99 Å². The fraction of sp³-hybridized carbons (Fsp3) is 0.643. The average molecular weight is 377 g/mol. The molecule has 0 spiro atoms. The highest BCUT2D eigenvalue weighted by atomic mass is 127. The third-order valence-electron chi connectivity index (χ3n) is 3.02. The standard InChI is InChI=1S/C14H23N3O.HI/c1-12(2)16-14(17-9-3-4-10-17)15-8-7-13-6-5-11-18-13;/h5-6,11-12H,3-4,7-10H2,1-2H3,(H,15,16);1H. The van der Waals surface area contributed by atoms with Crippen molar-refractivity contribution < 1.29 is 4.42 Å². The molecular formula is C14H24IN3O. The summed E-state index contributed by atoms with van der Waals surface area (Å²) in [5, 5.41) is 3.45. The van der Waals surface area contributed by atoms with Gasteiger partial charge in [-0.05, 0) is 38.8 Å². The smallest absolute Gasteiger partial charge is 0.194 e. The van der Waals surface area contributed by atoms with E-state index in [2.05, 4.69) is 24.1 Å². The minimum Gasteiger partial charge on any atom is -0.469 e. The Morgan fingerprint density at radius 1 is 1.42 bits per heavy atom. The van der Waals surface area contributed by atoms with E-state index in [4.69, 9.17) is 9.41 Å². The number of hydrogen-bond acceptors (Lipinski definition) is 2. The lowest BCUT2D eigenvalue weighted by atomic mass is 10.3. The number of furan rings is 1. The van der Waals surface area contributed by atoms with Gasteiger partial charge < -0.3 is 14.6 Å². The van der Waals surface area contributed by atoms with Crippen LogP contribution in [-0.4, -0.2) is 36.5 Å². The molecule has 0 unspecified atom stereocenters. The maximum Gasteiger partial charge on any atom is 0.194 e. The second kappa shape index (κ2) is 8.45. The molecular weight excluding hydrogens is 353 g/mol. The van der Waals surface area contributed by atoms with Gasteiger partial charge in [0.15, 0.2) is 5.96 Å². The Bertz CT molecular complexity index is 370. The van der Waals surface area contributed by atoms with Crippen LogP contribution in [0.2, 0.25) is 0 Å². The molecule has 0 atom stereocenters. The monoisotopic (exact) mass is 377 g/mol. The van der Waals surface area contributed by atoms with Gasteiger partial charge in [-0.25, -0.2) is 0 Å². The summed E-state index contributed by atoms with van der Waals surface area (Å²) in [7, 11) is 0. The van der Waals surface area contributed by atoms with Crippen molar-refractivity contribution in [1.82, 2.24) is 10.2 Å². The third kappa shape index (κ3) is 5.42. The van der Waals surface area contributed by atoms with Crippen LogP contribution in [0, 0.1) is 0 Å². The molecule has 1 saturated heterocycles. The first-order chi connectivity index (χ1) is 8.75. The summed E-state index contributed by atoms with van der Waals surface area (Å²) >= 11 is 0. The van der Waals surface area contributed by atoms with Crippen LogP contribution < -0.4 is 5.32 Å². The van der Waals surface area contributed by atoms with Crippen LogP contribution in [0.15, 0.2) is 27.8 Å². The minimum atomic E-state index is 0. The van der Waals surface area contributed by atoms with Crippen LogP contribution in [0.1, 0.15) is 32.4 Å². The van der Waals surface area contributed by atoms with Crippen LogP contribution in [-0.2, 0) is 6.42 Å². The summed E-state index contributed by atoms with van der Waals surface area (Å²) < 4.78 is 5.32. The highest BCUT2D eigenvalue weighted by Gasteiger charge is 2.16. The lowest BCUT2D eigenvalue weighted by Crippen LogP contribution is -2.43. The van der Waals surface area contributed by atoms with E-state index in [1.807, 2.05) is 12.1 Å². The van der Waals surface area contributed by atoms with Crippen molar-refractivity contribution in [2.45, 2.75) is 39.2 Å². The summed E-state index contributed by atoms with van der Waals surface area (Å²) in [5.74, 6) is 2.05. The molecule has 1 aliphatic rings. The molecule has 2 rings (SSSR count). The van der Waals surface area contributed by atoms with Gasteiger partial charge >= 0.3 is 0 Å². The van der Waals surface area contributed by atoms with Gasteiger partial charge in [-0.3, -0.25) is 4.99 Å². The molecule has 1 aromatic heterocycles. The second-order valence-corrected chi connectivity index (χ2v) is 5.03. The third-order valence-corrected chi connectivity index (χ3v) is 3.02. The first-order valence-electron chi connectivity index (χ1n) is 6.84. The van der Waals surface area contributed by atoms with E-state index in [1.54, 1.807) is 6.26 Å². The zero-order valence-corrected chi connectivity index (χ0v) is 14.1. The van der Waals surface area contributed by atoms with Gasteiger partial charge in [0.25, 0.3) is 0 Å². The van der Waals surface area contributed by atoms with E-state index in [0.29, 0.717) is 6.04 Å². The minimum absolute atomic E-state index is 0. The number of likely N-dealkylation sites (tertiary alicyclic amines) is 1. The molecule has 1 aromatic rings. The van der Waals surface area contributed by atoms with Gasteiger partial charge in [-0.1, -0.05) is 0 Å². The second-order valence-electron chi connectivity index (χ2n) is 5.03. The van der Waals surface area contributed by atoms with E-state index in [0.717, 1.165) is 37.8 Å². The van der Waals surface area contributed by atoms with E-state index in [9.17, 15) is 0 Å².